The lowest BCUT2D eigenvalue weighted by Crippen LogP contribution is -2.29. The number of aryl methyl sites for hydroxylation is 1. The van der Waals surface area contributed by atoms with Gasteiger partial charge in [-0.3, -0.25) is 4.99 Å². The molecule has 1 aliphatic rings. The average molecular weight is 268 g/mol. The molecule has 0 spiro atoms. The quantitative estimate of drug-likeness (QED) is 0.846. The molecule has 18 heavy (non-hydrogen) atoms. The summed E-state index contributed by atoms with van der Waals surface area (Å²) in [6, 6.07) is 6.50. The van der Waals surface area contributed by atoms with Crippen LogP contribution in [0.1, 0.15) is 18.9 Å². The number of hydrogen-bond donors (Lipinski definition) is 1. The second-order valence-corrected chi connectivity index (χ2v) is 5.96. The van der Waals surface area contributed by atoms with Gasteiger partial charge in [0, 0.05) is 12.5 Å². The Hall–Kier alpha value is -1.40. The summed E-state index contributed by atoms with van der Waals surface area (Å²) in [5.74, 6) is 0.795. The number of hydrogen-bond acceptors (Lipinski definition) is 5. The predicted octanol–water partition coefficient (Wildman–Crippen LogP) is 1.64. The number of amidine groups is 1. The van der Waals surface area contributed by atoms with E-state index in [1.165, 1.54) is 12.1 Å². The van der Waals surface area contributed by atoms with Gasteiger partial charge in [0.05, 0.1) is 4.90 Å². The molecular weight excluding hydrogens is 252 g/mol. The molecule has 0 saturated heterocycles. The van der Waals surface area contributed by atoms with Gasteiger partial charge in [0.25, 0.3) is 0 Å². The third-order valence-corrected chi connectivity index (χ3v) is 4.03. The maximum atomic E-state index is 11.9. The van der Waals surface area contributed by atoms with E-state index in [-0.39, 0.29) is 10.8 Å². The fourth-order valence-electron chi connectivity index (χ4n) is 1.65. The van der Waals surface area contributed by atoms with Crippen LogP contribution < -0.4 is 5.48 Å². The highest BCUT2D eigenvalue weighted by atomic mass is 32.2. The van der Waals surface area contributed by atoms with Crippen LogP contribution in [0.3, 0.4) is 0 Å². The molecule has 0 amide bonds. The smallest absolute Gasteiger partial charge is 0.270 e. The van der Waals surface area contributed by atoms with Crippen molar-refractivity contribution in [3.63, 3.8) is 0 Å². The zero-order valence-corrected chi connectivity index (χ0v) is 11.2. The van der Waals surface area contributed by atoms with Crippen molar-refractivity contribution in [3.8, 4) is 0 Å². The van der Waals surface area contributed by atoms with Crippen LogP contribution in [0.2, 0.25) is 0 Å². The molecule has 0 fully saturated rings. The van der Waals surface area contributed by atoms with Gasteiger partial charge in [0.2, 0.25) is 0 Å². The van der Waals surface area contributed by atoms with E-state index in [1.54, 1.807) is 12.1 Å². The molecule has 0 saturated carbocycles. The Bertz CT molecular complexity index is 549. The molecule has 0 aromatic heterocycles. The van der Waals surface area contributed by atoms with E-state index in [0.717, 1.165) is 12.0 Å². The van der Waals surface area contributed by atoms with Crippen molar-refractivity contribution >= 4 is 16.0 Å². The molecule has 0 radical (unpaired) electrons. The summed E-state index contributed by atoms with van der Waals surface area (Å²) in [5, 5.41) is 0. The Morgan fingerprint density at radius 1 is 1.33 bits per heavy atom. The van der Waals surface area contributed by atoms with Gasteiger partial charge in [-0.15, -0.1) is 4.28 Å². The molecule has 1 unspecified atom stereocenters. The van der Waals surface area contributed by atoms with Crippen LogP contribution in [-0.4, -0.2) is 20.8 Å². The maximum absolute atomic E-state index is 11.9. The summed E-state index contributed by atoms with van der Waals surface area (Å²) >= 11 is 0. The molecule has 1 N–H and O–H groups in total. The first-order valence-electron chi connectivity index (χ1n) is 5.79. The standard InChI is InChI=1S/C12H16N2O3S/c1-9-3-5-11(6-4-9)18(15,16)17-14-12-10(2)7-8-13-12/h3-6,10H,7-8H2,1-2H3,(H,13,14). The Morgan fingerprint density at radius 2 is 2.00 bits per heavy atom. The van der Waals surface area contributed by atoms with Crippen molar-refractivity contribution in [2.24, 2.45) is 10.9 Å². The van der Waals surface area contributed by atoms with Crippen molar-refractivity contribution in [3.05, 3.63) is 29.8 Å². The van der Waals surface area contributed by atoms with Gasteiger partial charge in [-0.1, -0.05) is 24.6 Å². The topological polar surface area (TPSA) is 67.8 Å². The Kier molecular flexibility index (Phi) is 3.68. The summed E-state index contributed by atoms with van der Waals surface area (Å²) in [6.07, 6.45) is 0.913. The highest BCUT2D eigenvalue weighted by Gasteiger charge is 2.20. The van der Waals surface area contributed by atoms with Gasteiger partial charge in [-0.2, -0.15) is 8.42 Å². The van der Waals surface area contributed by atoms with E-state index in [2.05, 4.69) is 10.5 Å². The fraction of sp³-hybridized carbons (Fsp3) is 0.417. The Labute approximate surface area is 107 Å². The van der Waals surface area contributed by atoms with Crippen molar-refractivity contribution < 1.29 is 12.7 Å². The molecule has 1 heterocycles. The van der Waals surface area contributed by atoms with Gasteiger partial charge >= 0.3 is 10.1 Å². The third kappa shape index (κ3) is 2.88. The summed E-state index contributed by atoms with van der Waals surface area (Å²) in [5.41, 5.74) is 3.44. The van der Waals surface area contributed by atoms with Gasteiger partial charge in [0.15, 0.2) is 0 Å². The number of aliphatic imine (C=N–C) groups is 1. The van der Waals surface area contributed by atoms with Crippen LogP contribution in [0, 0.1) is 12.8 Å². The monoisotopic (exact) mass is 268 g/mol. The first-order valence-corrected chi connectivity index (χ1v) is 7.20. The summed E-state index contributed by atoms with van der Waals surface area (Å²) in [7, 11) is -3.78. The summed E-state index contributed by atoms with van der Waals surface area (Å²) in [6.45, 7) is 4.57. The van der Waals surface area contributed by atoms with Crippen LogP contribution in [0.5, 0.6) is 0 Å². The molecule has 1 aliphatic heterocycles. The number of nitrogens with zero attached hydrogens (tertiary/aromatic N) is 1. The van der Waals surface area contributed by atoms with Crippen LogP contribution in [0.15, 0.2) is 34.2 Å². The van der Waals surface area contributed by atoms with Crippen LogP contribution in [-0.2, 0) is 14.4 Å². The molecule has 0 aliphatic carbocycles. The van der Waals surface area contributed by atoms with E-state index < -0.39 is 10.1 Å². The molecule has 5 nitrogen and oxygen atoms in total. The molecular formula is C12H16N2O3S. The van der Waals surface area contributed by atoms with E-state index in [9.17, 15) is 8.42 Å². The van der Waals surface area contributed by atoms with Crippen LogP contribution >= 0.6 is 0 Å². The molecule has 1 aromatic carbocycles. The SMILES string of the molecule is Cc1ccc(S(=O)(=O)ONC2=NCCC2C)cc1. The predicted molar refractivity (Wildman–Crippen MR) is 68.7 cm³/mol. The van der Waals surface area contributed by atoms with Crippen molar-refractivity contribution in [1.29, 1.82) is 0 Å². The Balaban J connectivity index is 2.06. The lowest BCUT2D eigenvalue weighted by atomic mass is 10.1. The van der Waals surface area contributed by atoms with Gasteiger partial charge < -0.3 is 0 Å². The minimum absolute atomic E-state index is 0.131. The van der Waals surface area contributed by atoms with Crippen molar-refractivity contribution in [2.75, 3.05) is 6.54 Å². The summed E-state index contributed by atoms with van der Waals surface area (Å²) < 4.78 is 28.5. The van der Waals surface area contributed by atoms with Crippen molar-refractivity contribution in [1.82, 2.24) is 5.48 Å². The molecule has 1 aromatic rings. The number of hydroxylamine groups is 1. The Morgan fingerprint density at radius 3 is 2.56 bits per heavy atom. The zero-order chi connectivity index (χ0) is 13.2. The highest BCUT2D eigenvalue weighted by molar-refractivity contribution is 7.86. The second-order valence-electron chi connectivity index (χ2n) is 4.41. The number of rotatable bonds is 3. The first kappa shape index (κ1) is 13.0. The minimum Gasteiger partial charge on any atom is -0.270 e. The normalized spacial score (nSPS) is 19.7. The number of nitrogens with one attached hydrogen (secondary N) is 1. The largest absolute Gasteiger partial charge is 0.317 e. The zero-order valence-electron chi connectivity index (χ0n) is 10.4. The van der Waals surface area contributed by atoms with Gasteiger partial charge in [-0.25, -0.2) is 5.48 Å². The molecule has 1 atom stereocenters. The number of benzene rings is 1. The molecule has 2 rings (SSSR count). The van der Waals surface area contributed by atoms with Crippen LogP contribution in [0.4, 0.5) is 0 Å². The average Bonchev–Trinajstić information content (AvgIpc) is 2.73. The van der Waals surface area contributed by atoms with Gasteiger partial charge in [0.1, 0.15) is 5.84 Å². The minimum atomic E-state index is -3.78. The fourth-order valence-corrected chi connectivity index (χ4v) is 2.42. The van der Waals surface area contributed by atoms with E-state index >= 15 is 0 Å². The second kappa shape index (κ2) is 5.07. The molecule has 6 heteroatoms. The van der Waals surface area contributed by atoms with E-state index in [1.807, 2.05) is 13.8 Å². The van der Waals surface area contributed by atoms with Gasteiger partial charge in [-0.05, 0) is 25.5 Å². The van der Waals surface area contributed by atoms with E-state index in [0.29, 0.717) is 12.4 Å². The highest BCUT2D eigenvalue weighted by Crippen LogP contribution is 2.14. The first-order chi connectivity index (χ1) is 8.49. The van der Waals surface area contributed by atoms with E-state index in [4.69, 9.17) is 4.28 Å². The van der Waals surface area contributed by atoms with Crippen LogP contribution in [0.25, 0.3) is 0 Å². The maximum Gasteiger partial charge on any atom is 0.317 e. The third-order valence-electron chi connectivity index (χ3n) is 2.88. The molecule has 98 valence electrons. The lowest BCUT2D eigenvalue weighted by Gasteiger charge is -2.10. The lowest BCUT2D eigenvalue weighted by molar-refractivity contribution is 0.262. The molecule has 0 bridgehead atoms. The summed E-state index contributed by atoms with van der Waals surface area (Å²) in [4.78, 5) is 4.28. The van der Waals surface area contributed by atoms with Crippen molar-refractivity contribution in [2.45, 2.75) is 25.2 Å².